The van der Waals surface area contributed by atoms with Gasteiger partial charge >= 0.3 is 11.8 Å². The van der Waals surface area contributed by atoms with E-state index in [1.807, 2.05) is 18.4 Å². The fourth-order valence-corrected chi connectivity index (χ4v) is 2.07. The minimum Gasteiger partial charge on any atom is -0.387 e. The molecule has 0 spiro atoms. The van der Waals surface area contributed by atoms with Crippen LogP contribution in [-0.4, -0.2) is 34.9 Å². The van der Waals surface area contributed by atoms with Crippen LogP contribution < -0.4 is 10.6 Å². The summed E-state index contributed by atoms with van der Waals surface area (Å²) in [7, 11) is 0. The Hall–Kier alpha value is -2.32. The third-order valence-electron chi connectivity index (χ3n) is 2.84. The molecule has 1 aromatic heterocycles. The number of nitrogens with one attached hydrogen (secondary N) is 2. The average Bonchev–Trinajstić information content (AvgIpc) is 3.05. The summed E-state index contributed by atoms with van der Waals surface area (Å²) in [6.07, 6.45) is 2.34. The van der Waals surface area contributed by atoms with Crippen molar-refractivity contribution >= 4 is 29.4 Å². The quantitative estimate of drug-likeness (QED) is 0.564. The van der Waals surface area contributed by atoms with Crippen molar-refractivity contribution in [3.63, 3.8) is 0 Å². The zero-order valence-corrected chi connectivity index (χ0v) is 12.6. The summed E-state index contributed by atoms with van der Waals surface area (Å²) in [6, 6.07) is 8.72. The van der Waals surface area contributed by atoms with Crippen LogP contribution in [0, 0.1) is 0 Å². The molecular formula is C14H15N3O4S. The minimum absolute atomic E-state index is 0.0658. The SMILES string of the molecule is CSc1ccc(C(O)CNC(=O)C(=O)Nc2ccon2)cc1. The number of thioether (sulfide) groups is 1. The fourth-order valence-electron chi connectivity index (χ4n) is 1.66. The molecule has 0 bridgehead atoms. The van der Waals surface area contributed by atoms with Crippen LogP contribution in [0.2, 0.25) is 0 Å². The van der Waals surface area contributed by atoms with Gasteiger partial charge in [0.25, 0.3) is 0 Å². The van der Waals surface area contributed by atoms with Gasteiger partial charge in [0.1, 0.15) is 6.26 Å². The number of aromatic nitrogens is 1. The second kappa shape index (κ2) is 7.62. The molecule has 0 radical (unpaired) electrons. The molecule has 0 aliphatic heterocycles. The van der Waals surface area contributed by atoms with Gasteiger partial charge in [-0.15, -0.1) is 11.8 Å². The maximum Gasteiger partial charge on any atom is 0.314 e. The van der Waals surface area contributed by atoms with Crippen LogP contribution in [0.5, 0.6) is 0 Å². The first-order valence-corrected chi connectivity index (χ1v) is 7.64. The topological polar surface area (TPSA) is 104 Å². The second-order valence-corrected chi connectivity index (χ2v) is 5.22. The molecule has 1 aromatic carbocycles. The van der Waals surface area contributed by atoms with Crippen LogP contribution in [0.3, 0.4) is 0 Å². The van der Waals surface area contributed by atoms with E-state index < -0.39 is 17.9 Å². The van der Waals surface area contributed by atoms with Crippen LogP contribution in [0.4, 0.5) is 5.82 Å². The standard InChI is InChI=1S/C14H15N3O4S/c1-22-10-4-2-9(3-5-10)11(18)8-15-13(19)14(20)16-12-6-7-21-17-12/h2-7,11,18H,8H2,1H3,(H,15,19)(H,16,17,20). The predicted molar refractivity (Wildman–Crippen MR) is 81.3 cm³/mol. The monoisotopic (exact) mass is 321 g/mol. The lowest BCUT2D eigenvalue weighted by atomic mass is 10.1. The molecule has 7 nitrogen and oxygen atoms in total. The summed E-state index contributed by atoms with van der Waals surface area (Å²) in [4.78, 5) is 24.2. The van der Waals surface area contributed by atoms with Crippen LogP contribution in [0.1, 0.15) is 11.7 Å². The van der Waals surface area contributed by atoms with Gasteiger partial charge in [-0.1, -0.05) is 17.3 Å². The van der Waals surface area contributed by atoms with Crippen LogP contribution >= 0.6 is 11.8 Å². The van der Waals surface area contributed by atoms with Gasteiger partial charge in [-0.25, -0.2) is 0 Å². The summed E-state index contributed by atoms with van der Waals surface area (Å²) in [5.74, 6) is -1.59. The lowest BCUT2D eigenvalue weighted by Gasteiger charge is -2.12. The molecule has 0 aliphatic rings. The Morgan fingerprint density at radius 2 is 2.00 bits per heavy atom. The molecular weight excluding hydrogens is 306 g/mol. The Labute approximate surface area is 131 Å². The number of anilines is 1. The minimum atomic E-state index is -0.889. The Bertz CT molecular complexity index is 628. The van der Waals surface area contributed by atoms with Gasteiger partial charge in [0, 0.05) is 17.5 Å². The first kappa shape index (κ1) is 16.1. The average molecular weight is 321 g/mol. The molecule has 0 saturated carbocycles. The lowest BCUT2D eigenvalue weighted by molar-refractivity contribution is -0.136. The highest BCUT2D eigenvalue weighted by molar-refractivity contribution is 7.98. The maximum atomic E-state index is 11.6. The third-order valence-corrected chi connectivity index (χ3v) is 3.59. The number of aliphatic hydroxyl groups excluding tert-OH is 1. The smallest absolute Gasteiger partial charge is 0.314 e. The molecule has 2 aromatic rings. The van der Waals surface area contributed by atoms with Crippen molar-refractivity contribution in [2.45, 2.75) is 11.0 Å². The first-order valence-electron chi connectivity index (χ1n) is 6.41. The lowest BCUT2D eigenvalue weighted by Crippen LogP contribution is -2.37. The Morgan fingerprint density at radius 3 is 2.59 bits per heavy atom. The molecule has 1 heterocycles. The highest BCUT2D eigenvalue weighted by Crippen LogP contribution is 2.18. The van der Waals surface area contributed by atoms with Gasteiger partial charge < -0.3 is 14.9 Å². The van der Waals surface area contributed by atoms with E-state index in [9.17, 15) is 14.7 Å². The zero-order valence-electron chi connectivity index (χ0n) is 11.8. The Morgan fingerprint density at radius 1 is 1.27 bits per heavy atom. The van der Waals surface area contributed by atoms with E-state index in [2.05, 4.69) is 20.3 Å². The molecule has 0 aliphatic carbocycles. The number of amides is 2. The largest absolute Gasteiger partial charge is 0.387 e. The van der Waals surface area contributed by atoms with Gasteiger partial charge in [-0.3, -0.25) is 14.9 Å². The molecule has 8 heteroatoms. The third kappa shape index (κ3) is 4.34. The Kier molecular flexibility index (Phi) is 5.56. The molecule has 116 valence electrons. The van der Waals surface area contributed by atoms with E-state index >= 15 is 0 Å². The van der Waals surface area contributed by atoms with Gasteiger partial charge in [-0.2, -0.15) is 0 Å². The molecule has 2 rings (SSSR count). The van der Waals surface area contributed by atoms with Crippen LogP contribution in [0.15, 0.2) is 46.0 Å². The van der Waals surface area contributed by atoms with Gasteiger partial charge in [0.15, 0.2) is 5.82 Å². The van der Waals surface area contributed by atoms with Gasteiger partial charge in [-0.05, 0) is 24.0 Å². The van der Waals surface area contributed by atoms with Crippen molar-refractivity contribution in [2.24, 2.45) is 0 Å². The summed E-state index contributed by atoms with van der Waals surface area (Å²) in [5.41, 5.74) is 0.662. The maximum absolute atomic E-state index is 11.6. The number of nitrogens with zero attached hydrogens (tertiary/aromatic N) is 1. The molecule has 2 amide bonds. The van der Waals surface area contributed by atoms with Gasteiger partial charge in [0.05, 0.1) is 6.10 Å². The second-order valence-electron chi connectivity index (χ2n) is 4.34. The number of hydrogen-bond acceptors (Lipinski definition) is 6. The van der Waals surface area contributed by atoms with Crippen molar-refractivity contribution in [3.8, 4) is 0 Å². The van der Waals surface area contributed by atoms with E-state index in [1.54, 1.807) is 23.9 Å². The highest BCUT2D eigenvalue weighted by Gasteiger charge is 2.16. The van der Waals surface area contributed by atoms with Crippen molar-refractivity contribution < 1.29 is 19.2 Å². The Balaban J connectivity index is 1.83. The summed E-state index contributed by atoms with van der Waals surface area (Å²) < 4.78 is 4.53. The molecule has 3 N–H and O–H groups in total. The number of carbonyl (C=O) groups excluding carboxylic acids is 2. The first-order chi connectivity index (χ1) is 10.6. The number of rotatable bonds is 5. The van der Waals surface area contributed by atoms with E-state index in [-0.39, 0.29) is 12.4 Å². The fraction of sp³-hybridized carbons (Fsp3) is 0.214. The van der Waals surface area contributed by atoms with Crippen molar-refractivity contribution in [3.05, 3.63) is 42.2 Å². The molecule has 22 heavy (non-hydrogen) atoms. The van der Waals surface area contributed by atoms with E-state index in [1.165, 1.54) is 12.3 Å². The number of benzene rings is 1. The summed E-state index contributed by atoms with van der Waals surface area (Å²) >= 11 is 1.60. The van der Waals surface area contributed by atoms with Crippen LogP contribution in [0.25, 0.3) is 0 Å². The van der Waals surface area contributed by atoms with E-state index in [0.29, 0.717) is 5.56 Å². The summed E-state index contributed by atoms with van der Waals surface area (Å²) in [5, 5.41) is 18.1. The van der Waals surface area contributed by atoms with E-state index in [0.717, 1.165) is 4.90 Å². The normalized spacial score (nSPS) is 11.7. The molecule has 1 atom stereocenters. The predicted octanol–water partition coefficient (Wildman–Crippen LogP) is 1.18. The summed E-state index contributed by atoms with van der Waals surface area (Å²) in [6.45, 7) is -0.0658. The molecule has 1 unspecified atom stereocenters. The number of carbonyl (C=O) groups is 2. The van der Waals surface area contributed by atoms with E-state index in [4.69, 9.17) is 0 Å². The highest BCUT2D eigenvalue weighted by atomic mass is 32.2. The number of hydrogen-bond donors (Lipinski definition) is 3. The number of aliphatic hydroxyl groups is 1. The van der Waals surface area contributed by atoms with Crippen LogP contribution in [-0.2, 0) is 9.59 Å². The van der Waals surface area contributed by atoms with Crippen molar-refractivity contribution in [1.29, 1.82) is 0 Å². The van der Waals surface area contributed by atoms with Crippen molar-refractivity contribution in [1.82, 2.24) is 10.5 Å². The molecule has 0 fully saturated rings. The van der Waals surface area contributed by atoms with Gasteiger partial charge in [0.2, 0.25) is 0 Å². The zero-order chi connectivity index (χ0) is 15.9. The molecule has 0 saturated heterocycles. The van der Waals surface area contributed by atoms with Crippen molar-refractivity contribution in [2.75, 3.05) is 18.1 Å².